The number of hydrogen-bond acceptors (Lipinski definition) is 3. The van der Waals surface area contributed by atoms with Crippen molar-refractivity contribution in [2.75, 3.05) is 0 Å². The molecule has 0 N–H and O–H groups in total. The van der Waals surface area contributed by atoms with Crippen molar-refractivity contribution in [3.05, 3.63) is 46.8 Å². The van der Waals surface area contributed by atoms with Gasteiger partial charge in [0.15, 0.2) is 6.29 Å². The van der Waals surface area contributed by atoms with E-state index in [0.29, 0.717) is 17.9 Å². The van der Waals surface area contributed by atoms with Gasteiger partial charge in [-0.3, -0.25) is 9.48 Å². The molecule has 0 saturated carbocycles. The molecule has 0 aliphatic heterocycles. The summed E-state index contributed by atoms with van der Waals surface area (Å²) in [6.07, 6.45) is 1.72. The largest absolute Gasteiger partial charge is 0.487 e. The summed E-state index contributed by atoms with van der Waals surface area (Å²) in [7, 11) is 1.90. The maximum atomic E-state index is 11.0. The third-order valence-corrected chi connectivity index (χ3v) is 3.06. The Morgan fingerprint density at radius 1 is 1.37 bits per heavy atom. The summed E-state index contributed by atoms with van der Waals surface area (Å²) >= 11 is 0. The molecule has 0 bridgehead atoms. The lowest BCUT2D eigenvalue weighted by molar-refractivity contribution is 0.111. The highest BCUT2D eigenvalue weighted by Gasteiger charge is 2.07. The molecule has 0 saturated heterocycles. The molecule has 19 heavy (non-hydrogen) atoms. The standard InChI is InChI=1S/C15H18N2O2/c1-4-13-8-14(17(3)16-13)10-19-15-6-5-11(2)7-12(15)9-18/h5-9H,4,10H2,1-3H3. The summed E-state index contributed by atoms with van der Waals surface area (Å²) in [4.78, 5) is 11.0. The van der Waals surface area contributed by atoms with Gasteiger partial charge < -0.3 is 4.74 Å². The minimum atomic E-state index is 0.410. The summed E-state index contributed by atoms with van der Waals surface area (Å²) in [6, 6.07) is 7.61. The van der Waals surface area contributed by atoms with Crippen molar-refractivity contribution in [2.24, 2.45) is 7.05 Å². The van der Waals surface area contributed by atoms with Crippen LogP contribution in [0.15, 0.2) is 24.3 Å². The van der Waals surface area contributed by atoms with Gasteiger partial charge in [0, 0.05) is 7.05 Å². The zero-order valence-electron chi connectivity index (χ0n) is 11.5. The van der Waals surface area contributed by atoms with Crippen molar-refractivity contribution in [3.8, 4) is 5.75 Å². The van der Waals surface area contributed by atoms with Gasteiger partial charge in [-0.25, -0.2) is 0 Å². The Morgan fingerprint density at radius 2 is 2.16 bits per heavy atom. The molecule has 0 aliphatic rings. The van der Waals surface area contributed by atoms with E-state index in [2.05, 4.69) is 12.0 Å². The van der Waals surface area contributed by atoms with E-state index in [9.17, 15) is 4.79 Å². The predicted molar refractivity (Wildman–Crippen MR) is 73.5 cm³/mol. The van der Waals surface area contributed by atoms with E-state index in [1.54, 1.807) is 0 Å². The molecule has 4 nitrogen and oxygen atoms in total. The zero-order chi connectivity index (χ0) is 13.8. The number of aryl methyl sites for hydroxylation is 3. The van der Waals surface area contributed by atoms with Gasteiger partial charge in [0.05, 0.1) is 17.0 Å². The van der Waals surface area contributed by atoms with Gasteiger partial charge in [-0.2, -0.15) is 5.10 Å². The van der Waals surface area contributed by atoms with Crippen LogP contribution in [-0.2, 0) is 20.1 Å². The number of nitrogens with zero attached hydrogens (tertiary/aromatic N) is 2. The van der Waals surface area contributed by atoms with E-state index in [4.69, 9.17) is 4.74 Å². The summed E-state index contributed by atoms with van der Waals surface area (Å²) in [5, 5.41) is 4.37. The molecule has 4 heteroatoms. The minimum absolute atomic E-state index is 0.410. The van der Waals surface area contributed by atoms with Gasteiger partial charge in [0.25, 0.3) is 0 Å². The van der Waals surface area contributed by atoms with Gasteiger partial charge in [-0.15, -0.1) is 0 Å². The molecule has 2 rings (SSSR count). The maximum absolute atomic E-state index is 11.0. The van der Waals surface area contributed by atoms with Crippen LogP contribution in [0.25, 0.3) is 0 Å². The van der Waals surface area contributed by atoms with Crippen LogP contribution in [0.1, 0.15) is 34.2 Å². The Hall–Kier alpha value is -2.10. The van der Waals surface area contributed by atoms with E-state index < -0.39 is 0 Å². The highest BCUT2D eigenvalue weighted by atomic mass is 16.5. The molecule has 1 aromatic heterocycles. The SMILES string of the molecule is CCc1cc(COc2ccc(C)cc2C=O)n(C)n1. The lowest BCUT2D eigenvalue weighted by Gasteiger charge is -2.09. The molecule has 1 aromatic carbocycles. The van der Waals surface area contributed by atoms with Crippen LogP contribution in [0.2, 0.25) is 0 Å². The van der Waals surface area contributed by atoms with Crippen molar-refractivity contribution >= 4 is 6.29 Å². The summed E-state index contributed by atoms with van der Waals surface area (Å²) in [6.45, 7) is 4.43. The number of carbonyl (C=O) groups excluding carboxylic acids is 1. The molecule has 0 amide bonds. The number of hydrogen-bond donors (Lipinski definition) is 0. The summed E-state index contributed by atoms with van der Waals surface area (Å²) in [5.41, 5.74) is 3.66. The van der Waals surface area contributed by atoms with Gasteiger partial charge in [0.2, 0.25) is 0 Å². The van der Waals surface area contributed by atoms with Gasteiger partial charge in [-0.05, 0) is 31.5 Å². The van der Waals surface area contributed by atoms with Gasteiger partial charge in [0.1, 0.15) is 12.4 Å². The molecule has 2 aromatic rings. The molecule has 0 radical (unpaired) electrons. The second kappa shape index (κ2) is 5.69. The summed E-state index contributed by atoms with van der Waals surface area (Å²) in [5.74, 6) is 0.611. The fourth-order valence-electron chi connectivity index (χ4n) is 1.92. The number of ether oxygens (including phenoxy) is 1. The topological polar surface area (TPSA) is 44.1 Å². The van der Waals surface area contributed by atoms with Crippen molar-refractivity contribution in [1.29, 1.82) is 0 Å². The third-order valence-electron chi connectivity index (χ3n) is 3.06. The number of rotatable bonds is 5. The second-order valence-electron chi connectivity index (χ2n) is 4.55. The monoisotopic (exact) mass is 258 g/mol. The first kappa shape index (κ1) is 13.3. The summed E-state index contributed by atoms with van der Waals surface area (Å²) < 4.78 is 7.53. The lowest BCUT2D eigenvalue weighted by Crippen LogP contribution is -2.04. The number of aldehydes is 1. The Labute approximate surface area is 113 Å². The number of carbonyl (C=O) groups is 1. The van der Waals surface area contributed by atoms with Crippen LogP contribution in [0.4, 0.5) is 0 Å². The quantitative estimate of drug-likeness (QED) is 0.774. The molecular weight excluding hydrogens is 240 g/mol. The van der Waals surface area contributed by atoms with Crippen LogP contribution < -0.4 is 4.74 Å². The minimum Gasteiger partial charge on any atom is -0.487 e. The van der Waals surface area contributed by atoms with Gasteiger partial charge >= 0.3 is 0 Å². The Bertz CT molecular complexity index is 588. The van der Waals surface area contributed by atoms with E-state index >= 15 is 0 Å². The molecule has 0 unspecified atom stereocenters. The van der Waals surface area contributed by atoms with Crippen molar-refractivity contribution in [1.82, 2.24) is 9.78 Å². The predicted octanol–water partition coefficient (Wildman–Crippen LogP) is 2.68. The Kier molecular flexibility index (Phi) is 4.00. The molecule has 0 fully saturated rings. The molecule has 0 aliphatic carbocycles. The van der Waals surface area contributed by atoms with Crippen molar-refractivity contribution in [3.63, 3.8) is 0 Å². The maximum Gasteiger partial charge on any atom is 0.153 e. The molecule has 0 spiro atoms. The first-order valence-electron chi connectivity index (χ1n) is 6.34. The molecular formula is C15H18N2O2. The van der Waals surface area contributed by atoms with Crippen molar-refractivity contribution < 1.29 is 9.53 Å². The third kappa shape index (κ3) is 3.02. The lowest BCUT2D eigenvalue weighted by atomic mass is 10.1. The van der Waals surface area contributed by atoms with Crippen LogP contribution in [0.5, 0.6) is 5.75 Å². The first-order valence-corrected chi connectivity index (χ1v) is 6.34. The van der Waals surface area contributed by atoms with Crippen LogP contribution in [-0.4, -0.2) is 16.1 Å². The molecule has 0 atom stereocenters. The van der Waals surface area contributed by atoms with Gasteiger partial charge in [-0.1, -0.05) is 18.6 Å². The number of aromatic nitrogens is 2. The highest BCUT2D eigenvalue weighted by Crippen LogP contribution is 2.19. The van der Waals surface area contributed by atoms with E-state index in [1.165, 1.54) is 0 Å². The fraction of sp³-hybridized carbons (Fsp3) is 0.333. The second-order valence-corrected chi connectivity index (χ2v) is 4.55. The first-order chi connectivity index (χ1) is 9.13. The average molecular weight is 258 g/mol. The van der Waals surface area contributed by atoms with Crippen LogP contribution >= 0.6 is 0 Å². The Morgan fingerprint density at radius 3 is 2.79 bits per heavy atom. The average Bonchev–Trinajstić information content (AvgIpc) is 2.78. The van der Waals surface area contributed by atoms with Crippen LogP contribution in [0, 0.1) is 6.92 Å². The molecule has 100 valence electrons. The fourth-order valence-corrected chi connectivity index (χ4v) is 1.92. The van der Waals surface area contributed by atoms with Crippen LogP contribution in [0.3, 0.4) is 0 Å². The highest BCUT2D eigenvalue weighted by molar-refractivity contribution is 5.79. The van der Waals surface area contributed by atoms with E-state index in [1.807, 2.05) is 42.9 Å². The van der Waals surface area contributed by atoms with E-state index in [-0.39, 0.29) is 0 Å². The zero-order valence-corrected chi connectivity index (χ0v) is 11.5. The molecule has 1 heterocycles. The number of benzene rings is 1. The Balaban J connectivity index is 2.13. The normalized spacial score (nSPS) is 10.5. The van der Waals surface area contributed by atoms with Crippen molar-refractivity contribution in [2.45, 2.75) is 26.9 Å². The van der Waals surface area contributed by atoms with E-state index in [0.717, 1.165) is 29.7 Å². The smallest absolute Gasteiger partial charge is 0.153 e.